The average Bonchev–Trinajstić information content (AvgIpc) is 3.19. The lowest BCUT2D eigenvalue weighted by Crippen LogP contribution is -2.19. The fourth-order valence-corrected chi connectivity index (χ4v) is 4.76. The van der Waals surface area contributed by atoms with Gasteiger partial charge >= 0.3 is 0 Å². The molecule has 0 saturated heterocycles. The van der Waals surface area contributed by atoms with Gasteiger partial charge in [0.2, 0.25) is 5.88 Å². The molecule has 32 heavy (non-hydrogen) atoms. The van der Waals surface area contributed by atoms with Gasteiger partial charge < -0.3 is 9.30 Å². The van der Waals surface area contributed by atoms with Crippen LogP contribution in [0.3, 0.4) is 0 Å². The van der Waals surface area contributed by atoms with Gasteiger partial charge in [0.1, 0.15) is 0 Å². The molecular formula is C24H20N2O4S2. The molecule has 0 aliphatic heterocycles. The molecule has 0 spiro atoms. The first-order chi connectivity index (χ1) is 15.3. The Labute approximate surface area is 190 Å². The van der Waals surface area contributed by atoms with E-state index < -0.39 is 9.84 Å². The zero-order valence-corrected chi connectivity index (χ0v) is 19.2. The molecule has 0 bridgehead atoms. The summed E-state index contributed by atoms with van der Waals surface area (Å²) in [6, 6.07) is 14.0. The summed E-state index contributed by atoms with van der Waals surface area (Å²) in [5.74, 6) is 6.83. The molecule has 4 rings (SSSR count). The monoisotopic (exact) mass is 464 g/mol. The average molecular weight is 465 g/mol. The first kappa shape index (κ1) is 21.8. The summed E-state index contributed by atoms with van der Waals surface area (Å²) in [6.07, 6.45) is 5.17. The second-order valence-electron chi connectivity index (χ2n) is 7.24. The van der Waals surface area contributed by atoms with E-state index in [1.807, 2.05) is 24.3 Å². The standard InChI is InChI=1S/C24H20N2O4S2/c1-30-23-14-17(10-12-25-23)4-3-5-19-15-21-22(31-19)11-13-26(24(21)27)16-18-6-8-20(9-7-18)32(2,28)29/h6-15H,4,16H2,1-2H3. The van der Waals surface area contributed by atoms with Crippen molar-refractivity contribution in [2.45, 2.75) is 17.9 Å². The Hall–Kier alpha value is -3.41. The van der Waals surface area contributed by atoms with E-state index in [2.05, 4.69) is 16.8 Å². The minimum Gasteiger partial charge on any atom is -0.481 e. The van der Waals surface area contributed by atoms with Crippen LogP contribution in [0.4, 0.5) is 0 Å². The van der Waals surface area contributed by atoms with E-state index in [1.165, 1.54) is 17.6 Å². The van der Waals surface area contributed by atoms with Gasteiger partial charge in [-0.25, -0.2) is 13.4 Å². The number of sulfone groups is 1. The van der Waals surface area contributed by atoms with Crippen LogP contribution in [-0.2, 0) is 22.8 Å². The van der Waals surface area contributed by atoms with E-state index in [1.54, 1.807) is 48.3 Å². The predicted octanol–water partition coefficient (Wildman–Crippen LogP) is 3.51. The summed E-state index contributed by atoms with van der Waals surface area (Å²) in [4.78, 5) is 18.1. The van der Waals surface area contributed by atoms with Crippen LogP contribution in [0.5, 0.6) is 5.88 Å². The molecule has 8 heteroatoms. The molecule has 3 heterocycles. The minimum absolute atomic E-state index is 0.0992. The van der Waals surface area contributed by atoms with Crippen LogP contribution >= 0.6 is 11.3 Å². The molecule has 3 aromatic heterocycles. The van der Waals surface area contributed by atoms with Crippen molar-refractivity contribution in [2.24, 2.45) is 0 Å². The van der Waals surface area contributed by atoms with Crippen molar-refractivity contribution >= 4 is 31.3 Å². The Morgan fingerprint density at radius 1 is 1.09 bits per heavy atom. The summed E-state index contributed by atoms with van der Waals surface area (Å²) in [5.41, 5.74) is 1.76. The number of ether oxygens (including phenoxy) is 1. The van der Waals surface area contributed by atoms with Crippen LogP contribution in [0.25, 0.3) is 10.1 Å². The van der Waals surface area contributed by atoms with E-state index in [4.69, 9.17) is 4.74 Å². The Bertz CT molecular complexity index is 1510. The van der Waals surface area contributed by atoms with E-state index in [0.29, 0.717) is 24.2 Å². The van der Waals surface area contributed by atoms with E-state index in [9.17, 15) is 13.2 Å². The second kappa shape index (κ2) is 8.99. The minimum atomic E-state index is -3.25. The van der Waals surface area contributed by atoms with Crippen molar-refractivity contribution in [3.05, 3.63) is 87.3 Å². The number of nitrogens with zero attached hydrogens (tertiary/aromatic N) is 2. The predicted molar refractivity (Wildman–Crippen MR) is 126 cm³/mol. The third kappa shape index (κ3) is 4.90. The van der Waals surface area contributed by atoms with Crippen LogP contribution in [0.1, 0.15) is 16.0 Å². The highest BCUT2D eigenvalue weighted by molar-refractivity contribution is 7.90. The van der Waals surface area contributed by atoms with Crippen molar-refractivity contribution in [1.29, 1.82) is 0 Å². The van der Waals surface area contributed by atoms with Gasteiger partial charge in [-0.3, -0.25) is 4.79 Å². The number of fused-ring (bicyclic) bond motifs is 1. The van der Waals surface area contributed by atoms with Gasteiger partial charge in [-0.05, 0) is 41.5 Å². The van der Waals surface area contributed by atoms with Gasteiger partial charge in [0, 0.05) is 35.8 Å². The number of hydrogen-bond acceptors (Lipinski definition) is 6. The number of aromatic nitrogens is 2. The highest BCUT2D eigenvalue weighted by atomic mass is 32.2. The summed E-state index contributed by atoms with van der Waals surface area (Å²) < 4.78 is 30.9. The van der Waals surface area contributed by atoms with Gasteiger partial charge in [0.05, 0.1) is 28.8 Å². The summed E-state index contributed by atoms with van der Waals surface area (Å²) >= 11 is 1.48. The normalized spacial score (nSPS) is 11.2. The Morgan fingerprint density at radius 3 is 2.59 bits per heavy atom. The van der Waals surface area contributed by atoms with E-state index in [0.717, 1.165) is 20.7 Å². The zero-order valence-electron chi connectivity index (χ0n) is 17.5. The molecule has 0 saturated carbocycles. The lowest BCUT2D eigenvalue weighted by molar-refractivity contribution is 0.397. The smallest absolute Gasteiger partial charge is 0.259 e. The third-order valence-corrected chi connectivity index (χ3v) is 7.02. The molecule has 4 aromatic rings. The highest BCUT2D eigenvalue weighted by Crippen LogP contribution is 2.22. The number of benzene rings is 1. The fourth-order valence-electron chi connectivity index (χ4n) is 3.21. The second-order valence-corrected chi connectivity index (χ2v) is 10.3. The summed E-state index contributed by atoms with van der Waals surface area (Å²) in [5, 5.41) is 0.625. The first-order valence-corrected chi connectivity index (χ1v) is 12.4. The molecule has 162 valence electrons. The SMILES string of the molecule is COc1cc(CC#Cc2cc3c(=O)n(Cc4ccc(S(C)(=O)=O)cc4)ccc3s2)ccn1. The maximum absolute atomic E-state index is 12.9. The molecular weight excluding hydrogens is 444 g/mol. The van der Waals surface area contributed by atoms with Crippen molar-refractivity contribution < 1.29 is 13.2 Å². The number of thiophene rings is 1. The molecule has 0 unspecified atom stereocenters. The van der Waals surface area contributed by atoms with Gasteiger partial charge in [0.15, 0.2) is 9.84 Å². The quantitative estimate of drug-likeness (QED) is 0.423. The maximum atomic E-state index is 12.9. The Balaban J connectivity index is 1.54. The maximum Gasteiger partial charge on any atom is 0.259 e. The number of rotatable bonds is 5. The molecule has 1 aromatic carbocycles. The Kier molecular flexibility index (Phi) is 6.12. The highest BCUT2D eigenvalue weighted by Gasteiger charge is 2.09. The van der Waals surface area contributed by atoms with Crippen LogP contribution in [0, 0.1) is 11.8 Å². The van der Waals surface area contributed by atoms with Crippen LogP contribution in [-0.4, -0.2) is 31.3 Å². The molecule has 0 aliphatic carbocycles. The lowest BCUT2D eigenvalue weighted by atomic mass is 10.2. The van der Waals surface area contributed by atoms with E-state index >= 15 is 0 Å². The third-order valence-electron chi connectivity index (χ3n) is 4.87. The van der Waals surface area contributed by atoms with Crippen LogP contribution in [0.2, 0.25) is 0 Å². The van der Waals surface area contributed by atoms with Gasteiger partial charge in [-0.15, -0.1) is 11.3 Å². The molecule has 0 amide bonds. The van der Waals surface area contributed by atoms with Crippen molar-refractivity contribution in [3.63, 3.8) is 0 Å². The van der Waals surface area contributed by atoms with Crippen LogP contribution in [0.15, 0.2) is 70.6 Å². The molecule has 6 nitrogen and oxygen atoms in total. The molecule has 0 radical (unpaired) electrons. The fraction of sp³-hybridized carbons (Fsp3) is 0.167. The zero-order chi connectivity index (χ0) is 22.7. The summed E-state index contributed by atoms with van der Waals surface area (Å²) in [6.45, 7) is 0.361. The number of methoxy groups -OCH3 is 1. The molecule has 0 aliphatic rings. The van der Waals surface area contributed by atoms with E-state index in [-0.39, 0.29) is 10.5 Å². The first-order valence-electron chi connectivity index (χ1n) is 9.73. The Morgan fingerprint density at radius 2 is 1.88 bits per heavy atom. The number of pyridine rings is 2. The lowest BCUT2D eigenvalue weighted by Gasteiger charge is -2.07. The molecule has 0 atom stereocenters. The molecule has 0 N–H and O–H groups in total. The summed E-state index contributed by atoms with van der Waals surface area (Å²) in [7, 11) is -1.67. The van der Waals surface area contributed by atoms with Gasteiger partial charge in [-0.1, -0.05) is 24.0 Å². The van der Waals surface area contributed by atoms with Crippen molar-refractivity contribution in [1.82, 2.24) is 9.55 Å². The van der Waals surface area contributed by atoms with Gasteiger partial charge in [-0.2, -0.15) is 0 Å². The van der Waals surface area contributed by atoms with Crippen molar-refractivity contribution in [2.75, 3.05) is 13.4 Å². The number of hydrogen-bond donors (Lipinski definition) is 0. The van der Waals surface area contributed by atoms with Crippen LogP contribution < -0.4 is 10.3 Å². The van der Waals surface area contributed by atoms with Gasteiger partial charge in [0.25, 0.3) is 5.56 Å². The van der Waals surface area contributed by atoms with Crippen molar-refractivity contribution in [3.8, 4) is 17.7 Å². The topological polar surface area (TPSA) is 78.3 Å². The largest absolute Gasteiger partial charge is 0.481 e. The molecule has 0 fully saturated rings.